The lowest BCUT2D eigenvalue weighted by Gasteiger charge is -2.27. The molecule has 0 saturated carbocycles. The largest absolute Gasteiger partial charge is 0.379 e. The Kier molecular flexibility index (Phi) is 25.7. The fraction of sp³-hybridized carbons (Fsp3) is 0.828. The summed E-state index contributed by atoms with van der Waals surface area (Å²) in [6.45, 7) is 9.09. The molecular weight excluding hydrogens is 590 g/mol. The van der Waals surface area contributed by atoms with Gasteiger partial charge in [0.05, 0.1) is 58.9 Å². The van der Waals surface area contributed by atoms with E-state index in [1.165, 1.54) is 6.92 Å². The molecule has 3 atom stereocenters. The summed E-state index contributed by atoms with van der Waals surface area (Å²) in [4.78, 5) is 62.0. The third-order valence-corrected chi connectivity index (χ3v) is 6.47. The SMILES string of the molecule is CC(=O)C(CCCNC(N)=O)NC(=O)C(NC(=O)C(CCCCN)NC(=O)CCOCCOCCOCCOCCN)C(C)C. The Balaban J connectivity index is 4.75. The highest BCUT2D eigenvalue weighted by molar-refractivity contribution is 5.94. The van der Waals surface area contributed by atoms with Crippen molar-refractivity contribution in [3.05, 3.63) is 0 Å². The number of nitrogens with one attached hydrogen (secondary N) is 4. The van der Waals surface area contributed by atoms with E-state index in [1.807, 2.05) is 0 Å². The Bertz CT molecular complexity index is 849. The molecule has 16 heteroatoms. The number of carbonyl (C=O) groups is 5. The van der Waals surface area contributed by atoms with E-state index in [9.17, 15) is 24.0 Å². The van der Waals surface area contributed by atoms with Gasteiger partial charge < -0.3 is 57.4 Å². The molecule has 0 aromatic heterocycles. The second-order valence-electron chi connectivity index (χ2n) is 10.7. The van der Waals surface area contributed by atoms with Crippen LogP contribution in [0, 0.1) is 5.92 Å². The van der Waals surface area contributed by atoms with Gasteiger partial charge in [-0.15, -0.1) is 0 Å². The van der Waals surface area contributed by atoms with Gasteiger partial charge in [-0.05, 0) is 51.5 Å². The number of ether oxygens (including phenoxy) is 4. The maximum atomic E-state index is 13.2. The van der Waals surface area contributed by atoms with Crippen molar-refractivity contribution in [2.24, 2.45) is 23.1 Å². The number of hydrogen-bond donors (Lipinski definition) is 7. The van der Waals surface area contributed by atoms with Crippen LogP contribution in [0.25, 0.3) is 0 Å². The zero-order chi connectivity index (χ0) is 33.9. The van der Waals surface area contributed by atoms with Crippen LogP contribution >= 0.6 is 0 Å². The Morgan fingerprint density at radius 1 is 0.644 bits per heavy atom. The van der Waals surface area contributed by atoms with Crippen LogP contribution in [0.4, 0.5) is 4.79 Å². The van der Waals surface area contributed by atoms with E-state index in [4.69, 9.17) is 36.1 Å². The van der Waals surface area contributed by atoms with Gasteiger partial charge in [0.15, 0.2) is 5.78 Å². The maximum absolute atomic E-state index is 13.2. The highest BCUT2D eigenvalue weighted by Gasteiger charge is 2.30. The number of carbonyl (C=O) groups excluding carboxylic acids is 5. The standard InChI is InChI=1S/C29H57N7O9/c1-21(2)26(28(40)35-23(22(3)37)8-6-12-33-29(32)41)36-27(39)24(7-4-5-10-30)34-25(38)9-13-42-15-17-44-19-20-45-18-16-43-14-11-31/h21,23-24,26H,4-20,30-31H2,1-3H3,(H,34,38)(H,35,40)(H,36,39)(H3,32,33,41). The molecule has 3 unspecified atom stereocenters. The van der Waals surface area contributed by atoms with Crippen molar-refractivity contribution in [1.29, 1.82) is 0 Å². The number of ketones is 1. The number of urea groups is 1. The van der Waals surface area contributed by atoms with Gasteiger partial charge in [0.2, 0.25) is 17.7 Å². The van der Waals surface area contributed by atoms with Gasteiger partial charge >= 0.3 is 6.03 Å². The van der Waals surface area contributed by atoms with Crippen LogP contribution in [-0.2, 0) is 38.1 Å². The minimum atomic E-state index is -0.949. The minimum absolute atomic E-state index is 0.0333. The van der Waals surface area contributed by atoms with E-state index >= 15 is 0 Å². The van der Waals surface area contributed by atoms with E-state index in [1.54, 1.807) is 13.8 Å². The molecule has 0 aromatic carbocycles. The zero-order valence-corrected chi connectivity index (χ0v) is 27.2. The Hall–Kier alpha value is -2.89. The van der Waals surface area contributed by atoms with E-state index in [-0.39, 0.29) is 43.6 Å². The topological polar surface area (TPSA) is 248 Å². The number of rotatable bonds is 29. The molecule has 16 nitrogen and oxygen atoms in total. The van der Waals surface area contributed by atoms with Crippen molar-refractivity contribution >= 4 is 29.5 Å². The fourth-order valence-corrected chi connectivity index (χ4v) is 3.98. The first-order valence-electron chi connectivity index (χ1n) is 15.7. The van der Waals surface area contributed by atoms with Crippen molar-refractivity contribution in [3.63, 3.8) is 0 Å². The van der Waals surface area contributed by atoms with E-state index in [0.717, 1.165) is 0 Å². The lowest BCUT2D eigenvalue weighted by molar-refractivity contribution is -0.134. The van der Waals surface area contributed by atoms with Gasteiger partial charge in [0.25, 0.3) is 0 Å². The molecule has 0 radical (unpaired) electrons. The first kappa shape index (κ1) is 42.1. The summed E-state index contributed by atoms with van der Waals surface area (Å²) in [5, 5.41) is 10.6. The summed E-state index contributed by atoms with van der Waals surface area (Å²) in [7, 11) is 0. The number of unbranched alkanes of at least 4 members (excludes halogenated alkanes) is 1. The molecular formula is C29H57N7O9. The van der Waals surface area contributed by atoms with Crippen LogP contribution in [0.15, 0.2) is 0 Å². The minimum Gasteiger partial charge on any atom is -0.379 e. The maximum Gasteiger partial charge on any atom is 0.312 e. The number of hydrogen-bond acceptors (Lipinski definition) is 11. The normalized spacial score (nSPS) is 13.1. The van der Waals surface area contributed by atoms with Gasteiger partial charge in [-0.1, -0.05) is 13.8 Å². The van der Waals surface area contributed by atoms with Crippen LogP contribution in [-0.4, -0.2) is 120 Å². The number of Topliss-reactive ketones (excluding diaryl/α,β-unsaturated/α-hetero) is 1. The Morgan fingerprint density at radius 2 is 1.20 bits per heavy atom. The summed E-state index contributed by atoms with van der Waals surface area (Å²) in [5.74, 6) is -1.98. The average molecular weight is 648 g/mol. The van der Waals surface area contributed by atoms with E-state index in [0.29, 0.717) is 85.0 Å². The van der Waals surface area contributed by atoms with Crippen LogP contribution < -0.4 is 38.5 Å². The first-order chi connectivity index (χ1) is 21.5. The van der Waals surface area contributed by atoms with Gasteiger partial charge in [-0.25, -0.2) is 4.79 Å². The molecule has 0 aliphatic carbocycles. The van der Waals surface area contributed by atoms with Gasteiger partial charge in [0, 0.05) is 19.5 Å². The molecule has 0 bridgehead atoms. The zero-order valence-electron chi connectivity index (χ0n) is 27.2. The molecule has 0 fully saturated rings. The predicted molar refractivity (Wildman–Crippen MR) is 168 cm³/mol. The molecule has 0 heterocycles. The van der Waals surface area contributed by atoms with Crippen LogP contribution in [0.3, 0.4) is 0 Å². The van der Waals surface area contributed by atoms with Crippen molar-refractivity contribution in [2.75, 3.05) is 72.5 Å². The van der Waals surface area contributed by atoms with Crippen molar-refractivity contribution in [2.45, 2.75) is 77.4 Å². The van der Waals surface area contributed by atoms with Crippen molar-refractivity contribution < 1.29 is 42.9 Å². The average Bonchev–Trinajstić information content (AvgIpc) is 2.98. The molecule has 0 rings (SSSR count). The number of primary amides is 1. The van der Waals surface area contributed by atoms with E-state index in [2.05, 4.69) is 21.3 Å². The molecule has 0 saturated heterocycles. The van der Waals surface area contributed by atoms with Crippen LogP contribution in [0.2, 0.25) is 0 Å². The van der Waals surface area contributed by atoms with Gasteiger partial charge in [-0.2, -0.15) is 0 Å². The summed E-state index contributed by atoms with van der Waals surface area (Å²) >= 11 is 0. The molecule has 10 N–H and O–H groups in total. The fourth-order valence-electron chi connectivity index (χ4n) is 3.98. The Morgan fingerprint density at radius 3 is 1.71 bits per heavy atom. The van der Waals surface area contributed by atoms with Gasteiger partial charge in [0.1, 0.15) is 12.1 Å². The Labute approximate surface area is 266 Å². The molecule has 5 amide bonds. The monoisotopic (exact) mass is 647 g/mol. The third kappa shape index (κ3) is 23.2. The third-order valence-electron chi connectivity index (χ3n) is 6.47. The second kappa shape index (κ2) is 27.4. The number of amides is 5. The molecule has 262 valence electrons. The molecule has 0 spiro atoms. The summed E-state index contributed by atoms with van der Waals surface area (Å²) in [6.07, 6.45) is 2.32. The summed E-state index contributed by atoms with van der Waals surface area (Å²) < 4.78 is 21.4. The number of nitrogens with two attached hydrogens (primary N) is 3. The smallest absolute Gasteiger partial charge is 0.312 e. The van der Waals surface area contributed by atoms with Crippen molar-refractivity contribution in [3.8, 4) is 0 Å². The van der Waals surface area contributed by atoms with Gasteiger partial charge in [-0.3, -0.25) is 19.2 Å². The summed E-state index contributed by atoms with van der Waals surface area (Å²) in [5.41, 5.74) is 16.0. The molecule has 0 aliphatic rings. The molecule has 0 aliphatic heterocycles. The highest BCUT2D eigenvalue weighted by atomic mass is 16.6. The second-order valence-corrected chi connectivity index (χ2v) is 10.7. The van der Waals surface area contributed by atoms with Crippen LogP contribution in [0.1, 0.15) is 59.3 Å². The predicted octanol–water partition coefficient (Wildman–Crippen LogP) is -1.32. The molecule has 45 heavy (non-hydrogen) atoms. The van der Waals surface area contributed by atoms with E-state index < -0.39 is 36.0 Å². The highest BCUT2D eigenvalue weighted by Crippen LogP contribution is 2.08. The summed E-state index contributed by atoms with van der Waals surface area (Å²) in [6, 6.07) is -3.30. The quantitative estimate of drug-likeness (QED) is 0.0469. The molecule has 0 aromatic rings. The first-order valence-corrected chi connectivity index (χ1v) is 15.7. The lowest BCUT2D eigenvalue weighted by Crippen LogP contribution is -2.57. The van der Waals surface area contributed by atoms with Crippen molar-refractivity contribution in [1.82, 2.24) is 21.3 Å². The lowest BCUT2D eigenvalue weighted by atomic mass is 10.00. The van der Waals surface area contributed by atoms with Crippen LogP contribution in [0.5, 0.6) is 0 Å².